The largest absolute Gasteiger partial charge is 0.481 e. The predicted molar refractivity (Wildman–Crippen MR) is 71.0 cm³/mol. The predicted octanol–water partition coefficient (Wildman–Crippen LogP) is 1.21. The van der Waals surface area contributed by atoms with Crippen molar-refractivity contribution in [2.45, 2.75) is 27.2 Å². The van der Waals surface area contributed by atoms with Crippen molar-refractivity contribution in [3.63, 3.8) is 0 Å². The Kier molecular flexibility index (Phi) is 4.52. The van der Waals surface area contributed by atoms with Crippen LogP contribution in [0.2, 0.25) is 0 Å². The molecule has 0 bridgehead atoms. The van der Waals surface area contributed by atoms with Crippen LogP contribution in [0.5, 0.6) is 0 Å². The van der Waals surface area contributed by atoms with Crippen LogP contribution in [-0.4, -0.2) is 33.4 Å². The van der Waals surface area contributed by atoms with Gasteiger partial charge in [-0.2, -0.15) is 5.10 Å². The lowest BCUT2D eigenvalue weighted by Gasteiger charge is -2.19. The minimum atomic E-state index is -1.00. The van der Waals surface area contributed by atoms with Gasteiger partial charge in [0, 0.05) is 19.8 Å². The van der Waals surface area contributed by atoms with Gasteiger partial charge in [0.1, 0.15) is 0 Å². The summed E-state index contributed by atoms with van der Waals surface area (Å²) in [6.45, 7) is 5.10. The highest BCUT2D eigenvalue weighted by Gasteiger charge is 2.27. The fraction of sp³-hybridized carbons (Fsp3) is 0.583. The number of rotatable bonds is 5. The molecule has 7 nitrogen and oxygen atoms in total. The second kappa shape index (κ2) is 5.73. The number of carbonyl (C=O) groups is 2. The van der Waals surface area contributed by atoms with E-state index in [0.29, 0.717) is 12.1 Å². The van der Waals surface area contributed by atoms with E-state index in [0.717, 1.165) is 5.69 Å². The molecule has 1 aromatic rings. The average Bonchev–Trinajstić information content (AvgIpc) is 2.66. The van der Waals surface area contributed by atoms with E-state index >= 15 is 0 Å². The molecule has 19 heavy (non-hydrogen) atoms. The van der Waals surface area contributed by atoms with E-state index in [1.165, 1.54) is 0 Å². The lowest BCUT2D eigenvalue weighted by atomic mass is 9.94. The molecule has 1 heterocycles. The number of urea groups is 1. The number of carbonyl (C=O) groups excluding carboxylic acids is 1. The number of hydrogen-bond donors (Lipinski definition) is 3. The topological polar surface area (TPSA) is 96.3 Å². The fourth-order valence-corrected chi connectivity index (χ4v) is 1.44. The second-order valence-electron chi connectivity index (χ2n) is 5.01. The van der Waals surface area contributed by atoms with Gasteiger partial charge in [0.15, 0.2) is 0 Å². The molecule has 0 aromatic carbocycles. The van der Waals surface area contributed by atoms with Crippen LogP contribution in [-0.2, 0) is 18.3 Å². The van der Waals surface area contributed by atoms with E-state index in [9.17, 15) is 9.59 Å². The van der Waals surface area contributed by atoms with Gasteiger partial charge in [0.05, 0.1) is 16.8 Å². The van der Waals surface area contributed by atoms with E-state index in [1.807, 2.05) is 6.92 Å². The van der Waals surface area contributed by atoms with E-state index in [1.54, 1.807) is 31.8 Å². The Morgan fingerprint density at radius 2 is 2.11 bits per heavy atom. The Hall–Kier alpha value is -2.05. The molecule has 0 radical (unpaired) electrons. The number of anilines is 1. The third-order valence-corrected chi connectivity index (χ3v) is 2.76. The maximum Gasteiger partial charge on any atom is 0.319 e. The molecule has 106 valence electrons. The highest BCUT2D eigenvalue weighted by Crippen LogP contribution is 2.15. The van der Waals surface area contributed by atoms with Crippen LogP contribution in [0.3, 0.4) is 0 Å². The van der Waals surface area contributed by atoms with Gasteiger partial charge in [0.25, 0.3) is 0 Å². The zero-order valence-corrected chi connectivity index (χ0v) is 11.6. The molecular formula is C12H20N4O3. The first kappa shape index (κ1) is 15.0. The first-order valence-electron chi connectivity index (χ1n) is 6.07. The molecule has 2 amide bonds. The van der Waals surface area contributed by atoms with Crippen molar-refractivity contribution in [3.8, 4) is 0 Å². The van der Waals surface area contributed by atoms with Crippen molar-refractivity contribution in [1.82, 2.24) is 15.1 Å². The molecule has 0 saturated heterocycles. The van der Waals surface area contributed by atoms with Crippen molar-refractivity contribution < 1.29 is 14.7 Å². The molecule has 3 N–H and O–H groups in total. The molecular weight excluding hydrogens is 248 g/mol. The molecule has 0 saturated carbocycles. The maximum atomic E-state index is 11.7. The lowest BCUT2D eigenvalue weighted by molar-refractivity contribution is -0.146. The number of carboxylic acid groups (broad SMARTS) is 1. The van der Waals surface area contributed by atoms with E-state index in [4.69, 9.17) is 5.11 Å². The SMILES string of the molecule is CCc1nn(C)cc1NC(=O)NCC(C)(C)C(=O)O. The molecule has 0 fully saturated rings. The van der Waals surface area contributed by atoms with Gasteiger partial charge in [-0.3, -0.25) is 9.48 Å². The molecule has 7 heteroatoms. The van der Waals surface area contributed by atoms with Crippen LogP contribution in [0.25, 0.3) is 0 Å². The number of aliphatic carboxylic acids is 1. The Labute approximate surface area is 112 Å². The maximum absolute atomic E-state index is 11.7. The Morgan fingerprint density at radius 1 is 1.47 bits per heavy atom. The van der Waals surface area contributed by atoms with E-state index in [-0.39, 0.29) is 6.54 Å². The number of nitrogens with zero attached hydrogens (tertiary/aromatic N) is 2. The summed E-state index contributed by atoms with van der Waals surface area (Å²) in [6, 6.07) is -0.433. The average molecular weight is 268 g/mol. The van der Waals surface area contributed by atoms with Crippen LogP contribution in [0.4, 0.5) is 10.5 Å². The summed E-state index contributed by atoms with van der Waals surface area (Å²) in [7, 11) is 1.77. The number of amides is 2. The molecule has 0 aliphatic carbocycles. The van der Waals surface area contributed by atoms with Crippen molar-refractivity contribution in [1.29, 1.82) is 0 Å². The quantitative estimate of drug-likeness (QED) is 0.748. The lowest BCUT2D eigenvalue weighted by Crippen LogP contribution is -2.40. The second-order valence-corrected chi connectivity index (χ2v) is 5.01. The smallest absolute Gasteiger partial charge is 0.319 e. The van der Waals surface area contributed by atoms with Crippen LogP contribution in [0.1, 0.15) is 26.5 Å². The normalized spacial score (nSPS) is 11.2. The van der Waals surface area contributed by atoms with E-state index in [2.05, 4.69) is 15.7 Å². The Bertz CT molecular complexity index is 479. The summed E-state index contributed by atoms with van der Waals surface area (Å²) in [5.74, 6) is -0.955. The third kappa shape index (κ3) is 3.97. The highest BCUT2D eigenvalue weighted by molar-refractivity contribution is 5.90. The summed E-state index contributed by atoms with van der Waals surface area (Å²) in [5, 5.41) is 18.4. The van der Waals surface area contributed by atoms with Gasteiger partial charge in [0.2, 0.25) is 0 Å². The monoisotopic (exact) mass is 268 g/mol. The minimum absolute atomic E-state index is 0.0515. The fourth-order valence-electron chi connectivity index (χ4n) is 1.44. The molecule has 1 aromatic heterocycles. The molecule has 0 spiro atoms. The van der Waals surface area contributed by atoms with Crippen LogP contribution < -0.4 is 10.6 Å². The number of aryl methyl sites for hydroxylation is 2. The minimum Gasteiger partial charge on any atom is -0.481 e. The number of hydrogen-bond acceptors (Lipinski definition) is 3. The first-order valence-corrected chi connectivity index (χ1v) is 6.07. The van der Waals surface area contributed by atoms with E-state index < -0.39 is 17.4 Å². The van der Waals surface area contributed by atoms with Crippen molar-refractivity contribution in [2.24, 2.45) is 12.5 Å². The molecule has 0 unspecified atom stereocenters. The van der Waals surface area contributed by atoms with Gasteiger partial charge in [-0.1, -0.05) is 6.92 Å². The van der Waals surface area contributed by atoms with Crippen LogP contribution in [0, 0.1) is 5.41 Å². The van der Waals surface area contributed by atoms with Gasteiger partial charge in [-0.05, 0) is 20.3 Å². The molecule has 0 atom stereocenters. The summed E-state index contributed by atoms with van der Waals surface area (Å²) < 4.78 is 1.62. The van der Waals surface area contributed by atoms with Crippen LogP contribution in [0.15, 0.2) is 6.20 Å². The number of carboxylic acids is 1. The zero-order chi connectivity index (χ0) is 14.6. The van der Waals surface area contributed by atoms with Crippen molar-refractivity contribution >= 4 is 17.7 Å². The third-order valence-electron chi connectivity index (χ3n) is 2.76. The van der Waals surface area contributed by atoms with Gasteiger partial charge in [-0.15, -0.1) is 0 Å². The van der Waals surface area contributed by atoms with Gasteiger partial charge >= 0.3 is 12.0 Å². The molecule has 0 aliphatic rings. The van der Waals surface area contributed by atoms with Gasteiger partial charge in [-0.25, -0.2) is 4.79 Å². The number of nitrogens with one attached hydrogen (secondary N) is 2. The standard InChI is InChI=1S/C12H20N4O3/c1-5-8-9(6-16(4)15-8)14-11(19)13-7-12(2,3)10(17)18/h6H,5,7H2,1-4H3,(H,17,18)(H2,13,14,19). The summed E-state index contributed by atoms with van der Waals surface area (Å²) >= 11 is 0. The zero-order valence-electron chi connectivity index (χ0n) is 11.6. The molecule has 1 rings (SSSR count). The van der Waals surface area contributed by atoms with Crippen molar-refractivity contribution in [2.75, 3.05) is 11.9 Å². The number of aromatic nitrogens is 2. The molecule has 0 aliphatic heterocycles. The Morgan fingerprint density at radius 3 is 2.63 bits per heavy atom. The Balaban J connectivity index is 2.58. The van der Waals surface area contributed by atoms with Crippen LogP contribution >= 0.6 is 0 Å². The summed E-state index contributed by atoms with van der Waals surface area (Å²) in [4.78, 5) is 22.6. The highest BCUT2D eigenvalue weighted by atomic mass is 16.4. The summed E-state index contributed by atoms with van der Waals surface area (Å²) in [5.41, 5.74) is 0.422. The van der Waals surface area contributed by atoms with Gasteiger partial charge < -0.3 is 15.7 Å². The summed E-state index contributed by atoms with van der Waals surface area (Å²) in [6.07, 6.45) is 2.41. The van der Waals surface area contributed by atoms with Crippen molar-refractivity contribution in [3.05, 3.63) is 11.9 Å². The first-order chi connectivity index (χ1) is 8.76.